The standard InChI is InChI=1S/C6H9NO/c1-2-3-4-5-7-6-8/h2-3H,4-5H2,1H3. The van der Waals surface area contributed by atoms with Crippen molar-refractivity contribution in [1.29, 1.82) is 0 Å². The maximum atomic E-state index is 9.45. The lowest BCUT2D eigenvalue weighted by atomic mass is 10.4. The number of allylic oxidation sites excluding steroid dienone is 1. The molecule has 2 nitrogen and oxygen atoms in total. The van der Waals surface area contributed by atoms with Crippen LogP contribution in [0.4, 0.5) is 0 Å². The molecular formula is C6H9NO. The summed E-state index contributed by atoms with van der Waals surface area (Å²) in [5.74, 6) is 0. The molecule has 0 aliphatic heterocycles. The fourth-order valence-electron chi connectivity index (χ4n) is 0.351. The summed E-state index contributed by atoms with van der Waals surface area (Å²) in [6.45, 7) is 2.50. The monoisotopic (exact) mass is 111 g/mol. The Morgan fingerprint density at radius 3 is 3.00 bits per heavy atom. The van der Waals surface area contributed by atoms with Crippen molar-refractivity contribution < 1.29 is 4.79 Å². The molecule has 0 spiro atoms. The van der Waals surface area contributed by atoms with Gasteiger partial charge in [-0.1, -0.05) is 12.2 Å². The zero-order valence-electron chi connectivity index (χ0n) is 4.92. The summed E-state index contributed by atoms with van der Waals surface area (Å²) >= 11 is 0. The maximum Gasteiger partial charge on any atom is 0.234 e. The van der Waals surface area contributed by atoms with Gasteiger partial charge in [-0.25, -0.2) is 9.79 Å². The molecule has 0 unspecified atom stereocenters. The Morgan fingerprint density at radius 1 is 1.75 bits per heavy atom. The van der Waals surface area contributed by atoms with E-state index in [4.69, 9.17) is 0 Å². The van der Waals surface area contributed by atoms with Crippen molar-refractivity contribution in [2.24, 2.45) is 4.99 Å². The fourth-order valence-corrected chi connectivity index (χ4v) is 0.351. The molecule has 0 aliphatic rings. The third-order valence-corrected chi connectivity index (χ3v) is 0.708. The summed E-state index contributed by atoms with van der Waals surface area (Å²) in [6.07, 6.45) is 6.20. The lowest BCUT2D eigenvalue weighted by molar-refractivity contribution is 0.563. The average molecular weight is 111 g/mol. The van der Waals surface area contributed by atoms with Crippen LogP contribution in [0.15, 0.2) is 17.1 Å². The van der Waals surface area contributed by atoms with Gasteiger partial charge >= 0.3 is 0 Å². The van der Waals surface area contributed by atoms with Crippen LogP contribution in [0, 0.1) is 0 Å². The van der Waals surface area contributed by atoms with Crippen LogP contribution in [-0.2, 0) is 4.79 Å². The largest absolute Gasteiger partial charge is 0.234 e. The minimum absolute atomic E-state index is 0.563. The van der Waals surface area contributed by atoms with E-state index in [-0.39, 0.29) is 0 Å². The first-order chi connectivity index (χ1) is 3.91. The second-order valence-corrected chi connectivity index (χ2v) is 1.33. The van der Waals surface area contributed by atoms with Crippen LogP contribution in [0.3, 0.4) is 0 Å². The van der Waals surface area contributed by atoms with E-state index >= 15 is 0 Å². The Bertz CT molecular complexity index is 112. The fraction of sp³-hybridized carbons (Fsp3) is 0.500. The summed E-state index contributed by atoms with van der Waals surface area (Å²) < 4.78 is 0. The lowest BCUT2D eigenvalue weighted by Gasteiger charge is -1.78. The molecule has 0 aromatic carbocycles. The summed E-state index contributed by atoms with van der Waals surface area (Å²) in [7, 11) is 0. The molecule has 0 aromatic heterocycles. The van der Waals surface area contributed by atoms with E-state index in [0.717, 1.165) is 6.42 Å². The Labute approximate surface area is 48.9 Å². The van der Waals surface area contributed by atoms with Crippen molar-refractivity contribution in [2.45, 2.75) is 13.3 Å². The second-order valence-electron chi connectivity index (χ2n) is 1.33. The molecule has 0 radical (unpaired) electrons. The van der Waals surface area contributed by atoms with Crippen LogP contribution in [0.25, 0.3) is 0 Å². The van der Waals surface area contributed by atoms with Crippen molar-refractivity contribution in [3.63, 3.8) is 0 Å². The van der Waals surface area contributed by atoms with Crippen molar-refractivity contribution >= 4 is 6.08 Å². The van der Waals surface area contributed by atoms with E-state index in [2.05, 4.69) is 4.99 Å². The molecule has 0 N–H and O–H groups in total. The van der Waals surface area contributed by atoms with Crippen LogP contribution in [0.2, 0.25) is 0 Å². The predicted molar refractivity (Wildman–Crippen MR) is 32.4 cm³/mol. The predicted octanol–water partition coefficient (Wildman–Crippen LogP) is 1.29. The van der Waals surface area contributed by atoms with Crippen LogP contribution in [0.1, 0.15) is 13.3 Å². The molecule has 0 aliphatic carbocycles. The Hall–Kier alpha value is -0.880. The van der Waals surface area contributed by atoms with Crippen LogP contribution in [0.5, 0.6) is 0 Å². The molecule has 0 bridgehead atoms. The number of rotatable bonds is 3. The quantitative estimate of drug-likeness (QED) is 0.233. The molecule has 0 atom stereocenters. The molecule has 0 heterocycles. The third-order valence-electron chi connectivity index (χ3n) is 0.708. The molecule has 0 fully saturated rings. The Morgan fingerprint density at radius 2 is 2.50 bits per heavy atom. The normalized spacial score (nSPS) is 9.12. The molecule has 0 rings (SSSR count). The van der Waals surface area contributed by atoms with Gasteiger partial charge in [0, 0.05) is 0 Å². The van der Waals surface area contributed by atoms with E-state index in [1.165, 1.54) is 6.08 Å². The van der Waals surface area contributed by atoms with Crippen molar-refractivity contribution in [3.8, 4) is 0 Å². The van der Waals surface area contributed by atoms with Crippen LogP contribution in [-0.4, -0.2) is 12.6 Å². The van der Waals surface area contributed by atoms with Gasteiger partial charge in [-0.05, 0) is 13.3 Å². The molecule has 0 amide bonds. The highest BCUT2D eigenvalue weighted by atomic mass is 16.1. The van der Waals surface area contributed by atoms with Gasteiger partial charge in [-0.15, -0.1) is 0 Å². The number of nitrogens with zero attached hydrogens (tertiary/aromatic N) is 1. The molecule has 0 aromatic rings. The average Bonchev–Trinajstić information content (AvgIpc) is 1.81. The van der Waals surface area contributed by atoms with E-state index in [1.54, 1.807) is 0 Å². The molecular weight excluding hydrogens is 102 g/mol. The van der Waals surface area contributed by atoms with Crippen LogP contribution < -0.4 is 0 Å². The zero-order chi connectivity index (χ0) is 6.24. The smallest absolute Gasteiger partial charge is 0.211 e. The third kappa shape index (κ3) is 5.12. The number of hydrogen-bond donors (Lipinski definition) is 0. The molecule has 2 heteroatoms. The highest BCUT2D eigenvalue weighted by Crippen LogP contribution is 1.80. The van der Waals surface area contributed by atoms with E-state index in [0.29, 0.717) is 6.54 Å². The molecule has 8 heavy (non-hydrogen) atoms. The zero-order valence-corrected chi connectivity index (χ0v) is 4.92. The van der Waals surface area contributed by atoms with Crippen molar-refractivity contribution in [2.75, 3.05) is 6.54 Å². The molecule has 0 saturated carbocycles. The van der Waals surface area contributed by atoms with Crippen LogP contribution >= 0.6 is 0 Å². The highest BCUT2D eigenvalue weighted by Gasteiger charge is 1.71. The first-order valence-corrected chi connectivity index (χ1v) is 2.56. The van der Waals surface area contributed by atoms with E-state index < -0.39 is 0 Å². The van der Waals surface area contributed by atoms with Crippen molar-refractivity contribution in [3.05, 3.63) is 12.2 Å². The summed E-state index contributed by atoms with van der Waals surface area (Å²) in [5.41, 5.74) is 0. The van der Waals surface area contributed by atoms with Gasteiger partial charge < -0.3 is 0 Å². The minimum atomic E-state index is 0.563. The number of aliphatic imine (C=N–C) groups is 1. The summed E-state index contributed by atoms with van der Waals surface area (Å²) in [5, 5.41) is 0. The topological polar surface area (TPSA) is 29.4 Å². The van der Waals surface area contributed by atoms with Gasteiger partial charge in [0.05, 0.1) is 6.54 Å². The van der Waals surface area contributed by atoms with Gasteiger partial charge in [0.1, 0.15) is 0 Å². The number of hydrogen-bond acceptors (Lipinski definition) is 2. The second kappa shape index (κ2) is 6.12. The maximum absolute atomic E-state index is 9.45. The van der Waals surface area contributed by atoms with Gasteiger partial charge in [-0.3, -0.25) is 0 Å². The SMILES string of the molecule is CC=CCCN=C=O. The van der Waals surface area contributed by atoms with E-state index in [9.17, 15) is 4.79 Å². The van der Waals surface area contributed by atoms with Gasteiger partial charge in [0.15, 0.2) is 0 Å². The summed E-state index contributed by atoms with van der Waals surface area (Å²) in [4.78, 5) is 12.8. The first kappa shape index (κ1) is 7.12. The first-order valence-electron chi connectivity index (χ1n) is 2.56. The van der Waals surface area contributed by atoms with Gasteiger partial charge in [0.25, 0.3) is 0 Å². The summed E-state index contributed by atoms with van der Waals surface area (Å²) in [6, 6.07) is 0. The van der Waals surface area contributed by atoms with Gasteiger partial charge in [0.2, 0.25) is 6.08 Å². The number of carbonyl (C=O) groups excluding carboxylic acids is 1. The minimum Gasteiger partial charge on any atom is -0.211 e. The molecule has 44 valence electrons. The van der Waals surface area contributed by atoms with Crippen molar-refractivity contribution in [1.82, 2.24) is 0 Å². The number of isocyanates is 1. The Balaban J connectivity index is 3.05. The highest BCUT2D eigenvalue weighted by molar-refractivity contribution is 5.32. The lowest BCUT2D eigenvalue weighted by Crippen LogP contribution is -1.72. The van der Waals surface area contributed by atoms with E-state index in [1.807, 2.05) is 19.1 Å². The Kier molecular flexibility index (Phi) is 5.45. The molecule has 0 saturated heterocycles. The van der Waals surface area contributed by atoms with Gasteiger partial charge in [-0.2, -0.15) is 0 Å².